The van der Waals surface area contributed by atoms with Gasteiger partial charge in [-0.3, -0.25) is 0 Å². The van der Waals surface area contributed by atoms with Gasteiger partial charge >= 0.3 is 0 Å². The summed E-state index contributed by atoms with van der Waals surface area (Å²) >= 11 is 0. The van der Waals surface area contributed by atoms with Crippen LogP contribution in [0.2, 0.25) is 0 Å². The van der Waals surface area contributed by atoms with E-state index in [0.717, 1.165) is 56.4 Å². The third kappa shape index (κ3) is 4.04. The minimum absolute atomic E-state index is 0.120. The van der Waals surface area contributed by atoms with E-state index in [1.165, 1.54) is 31.3 Å². The second-order valence-corrected chi connectivity index (χ2v) is 11.0. The molecule has 0 spiro atoms. The maximum Gasteiger partial charge on any atom is 0.129 e. The molecule has 0 aromatic heterocycles. The van der Waals surface area contributed by atoms with Gasteiger partial charge in [-0.1, -0.05) is 50.6 Å². The largest absolute Gasteiger partial charge is 0.394 e. The number of allylic oxidation sites excluding steroid dienone is 3. The summed E-state index contributed by atoms with van der Waals surface area (Å²) in [5.41, 5.74) is 4.62. The van der Waals surface area contributed by atoms with E-state index in [1.54, 1.807) is 5.57 Å². The molecule has 0 aliphatic heterocycles. The van der Waals surface area contributed by atoms with Crippen LogP contribution in [0.5, 0.6) is 0 Å². The summed E-state index contributed by atoms with van der Waals surface area (Å²) in [6.45, 7) is 15.2. The third-order valence-corrected chi connectivity index (χ3v) is 9.64. The molecule has 4 aliphatic rings. The normalized spacial score (nSPS) is 40.0. The van der Waals surface area contributed by atoms with Crippen molar-refractivity contribution in [2.24, 2.45) is 33.7 Å². The Kier molecular flexibility index (Phi) is 6.70. The van der Waals surface area contributed by atoms with Crippen LogP contribution in [0, 0.1) is 28.6 Å². The number of aliphatic hydroxyl groups is 1. The molecule has 2 fully saturated rings. The number of fused-ring (bicyclic) bond motifs is 5. The Hall–Kier alpha value is -1.13. The summed E-state index contributed by atoms with van der Waals surface area (Å²) in [4.78, 5) is 8.11. The molecule has 0 aromatic carbocycles. The van der Waals surface area contributed by atoms with Crippen LogP contribution in [-0.2, 0) is 4.84 Å². The zero-order chi connectivity index (χ0) is 22.2. The van der Waals surface area contributed by atoms with Crippen molar-refractivity contribution in [2.45, 2.75) is 85.7 Å². The van der Waals surface area contributed by atoms with Gasteiger partial charge in [0.25, 0.3) is 0 Å². The van der Waals surface area contributed by atoms with E-state index in [-0.39, 0.29) is 11.5 Å². The molecule has 1 N–H and O–H groups in total. The molecule has 4 rings (SSSR count). The SMILES string of the molecule is CCN(CC)CCON=C(C)C1=CC[C@H]2[C@@H]3CC=C4CC(O)CC[C@]4(C)[C@H]3CC[C@]12C. The van der Waals surface area contributed by atoms with Gasteiger partial charge < -0.3 is 14.8 Å². The zero-order valence-electron chi connectivity index (χ0n) is 20.5. The van der Waals surface area contributed by atoms with Crippen molar-refractivity contribution in [1.82, 2.24) is 4.90 Å². The van der Waals surface area contributed by atoms with Crippen molar-refractivity contribution in [3.05, 3.63) is 23.3 Å². The fourth-order valence-corrected chi connectivity index (χ4v) is 7.67. The zero-order valence-corrected chi connectivity index (χ0v) is 20.5. The number of rotatable bonds is 7. The van der Waals surface area contributed by atoms with Gasteiger partial charge in [0.2, 0.25) is 0 Å². The first-order valence-corrected chi connectivity index (χ1v) is 12.8. The Balaban J connectivity index is 1.45. The highest BCUT2D eigenvalue weighted by molar-refractivity contribution is 5.99. The summed E-state index contributed by atoms with van der Waals surface area (Å²) in [7, 11) is 0. The lowest BCUT2D eigenvalue weighted by Crippen LogP contribution is -2.50. The Morgan fingerprint density at radius 2 is 1.84 bits per heavy atom. The first-order chi connectivity index (χ1) is 14.8. The van der Waals surface area contributed by atoms with Crippen molar-refractivity contribution < 1.29 is 9.94 Å². The van der Waals surface area contributed by atoms with E-state index in [2.05, 4.69) is 56.8 Å². The molecule has 1 unspecified atom stereocenters. The van der Waals surface area contributed by atoms with E-state index in [4.69, 9.17) is 4.84 Å². The summed E-state index contributed by atoms with van der Waals surface area (Å²) in [5.74, 6) is 2.24. The molecular weight excluding hydrogens is 384 g/mol. The van der Waals surface area contributed by atoms with Gasteiger partial charge in [0, 0.05) is 6.54 Å². The van der Waals surface area contributed by atoms with Crippen LogP contribution >= 0.6 is 0 Å². The van der Waals surface area contributed by atoms with Gasteiger partial charge in [-0.2, -0.15) is 0 Å². The number of oxime groups is 1. The third-order valence-electron chi connectivity index (χ3n) is 9.64. The first kappa shape index (κ1) is 23.0. The van der Waals surface area contributed by atoms with Crippen molar-refractivity contribution in [2.75, 3.05) is 26.2 Å². The highest BCUT2D eigenvalue weighted by atomic mass is 16.6. The lowest BCUT2D eigenvalue weighted by molar-refractivity contribution is -0.0280. The molecule has 6 atom stereocenters. The molecule has 4 aliphatic carbocycles. The van der Waals surface area contributed by atoms with Crippen LogP contribution in [0.4, 0.5) is 0 Å². The number of aliphatic hydroxyl groups excluding tert-OH is 1. The van der Waals surface area contributed by atoms with Crippen molar-refractivity contribution in [3.8, 4) is 0 Å². The molecule has 0 radical (unpaired) electrons. The van der Waals surface area contributed by atoms with Crippen LogP contribution in [0.15, 0.2) is 28.5 Å². The standard InChI is InChI=1S/C27H44N2O2/c1-6-29(7-2)16-17-31-28-19(3)23-10-11-24-22-9-8-20-18-21(30)12-14-26(20,4)25(22)13-15-27(23,24)5/h8,10,21-22,24-25,30H,6-7,9,11-18H2,1-5H3/t21?,22-,24-,25-,26-,27+/m0/s1. The van der Waals surface area contributed by atoms with E-state index in [0.29, 0.717) is 17.9 Å². The van der Waals surface area contributed by atoms with E-state index < -0.39 is 0 Å². The minimum atomic E-state index is -0.120. The highest BCUT2D eigenvalue weighted by Gasteiger charge is 2.56. The van der Waals surface area contributed by atoms with Gasteiger partial charge in [-0.25, -0.2) is 0 Å². The smallest absolute Gasteiger partial charge is 0.129 e. The van der Waals surface area contributed by atoms with Gasteiger partial charge in [-0.15, -0.1) is 0 Å². The quantitative estimate of drug-likeness (QED) is 0.249. The topological polar surface area (TPSA) is 45.1 Å². The summed E-state index contributed by atoms with van der Waals surface area (Å²) in [5, 5.41) is 14.8. The second-order valence-electron chi connectivity index (χ2n) is 11.0. The predicted molar refractivity (Wildman–Crippen MR) is 128 cm³/mol. The predicted octanol–water partition coefficient (Wildman–Crippen LogP) is 5.58. The van der Waals surface area contributed by atoms with Crippen LogP contribution in [0.1, 0.15) is 79.6 Å². The fraction of sp³-hybridized carbons (Fsp3) is 0.815. The molecule has 0 amide bonds. The van der Waals surface area contributed by atoms with Crippen LogP contribution in [0.3, 0.4) is 0 Å². The molecule has 0 saturated heterocycles. The Morgan fingerprint density at radius 3 is 2.58 bits per heavy atom. The summed E-state index contributed by atoms with van der Waals surface area (Å²) in [6, 6.07) is 0. The minimum Gasteiger partial charge on any atom is -0.394 e. The van der Waals surface area contributed by atoms with Gasteiger partial charge in [0.1, 0.15) is 6.61 Å². The van der Waals surface area contributed by atoms with Gasteiger partial charge in [0.05, 0.1) is 11.8 Å². The Bertz CT molecular complexity index is 752. The molecule has 31 heavy (non-hydrogen) atoms. The van der Waals surface area contributed by atoms with Crippen molar-refractivity contribution in [3.63, 3.8) is 0 Å². The van der Waals surface area contributed by atoms with E-state index in [9.17, 15) is 5.11 Å². The maximum absolute atomic E-state index is 10.2. The lowest BCUT2D eigenvalue weighted by atomic mass is 9.47. The number of nitrogens with zero attached hydrogens (tertiary/aromatic N) is 2. The summed E-state index contributed by atoms with van der Waals surface area (Å²) in [6.07, 6.45) is 12.8. The van der Waals surface area contributed by atoms with Crippen molar-refractivity contribution >= 4 is 5.71 Å². The van der Waals surface area contributed by atoms with Crippen molar-refractivity contribution in [1.29, 1.82) is 0 Å². The molecule has 4 nitrogen and oxygen atoms in total. The van der Waals surface area contributed by atoms with Gasteiger partial charge in [0.15, 0.2) is 0 Å². The number of likely N-dealkylation sites (N-methyl/N-ethyl adjacent to an activating group) is 1. The fourth-order valence-electron chi connectivity index (χ4n) is 7.67. The van der Waals surface area contributed by atoms with Gasteiger partial charge in [-0.05, 0) is 99.1 Å². The molecule has 0 heterocycles. The van der Waals surface area contributed by atoms with E-state index >= 15 is 0 Å². The Labute approximate surface area is 189 Å². The molecule has 2 saturated carbocycles. The van der Waals surface area contributed by atoms with E-state index in [1.807, 2.05) is 0 Å². The molecule has 4 heteroatoms. The molecule has 174 valence electrons. The van der Waals surface area contributed by atoms with Crippen LogP contribution < -0.4 is 0 Å². The maximum atomic E-state index is 10.2. The molecule has 0 bridgehead atoms. The monoisotopic (exact) mass is 428 g/mol. The highest BCUT2D eigenvalue weighted by Crippen LogP contribution is 2.65. The lowest BCUT2D eigenvalue weighted by Gasteiger charge is -2.57. The molecular formula is C27H44N2O2. The second kappa shape index (κ2) is 9.02. The van der Waals surface area contributed by atoms with Crippen LogP contribution in [0.25, 0.3) is 0 Å². The first-order valence-electron chi connectivity index (χ1n) is 12.8. The summed E-state index contributed by atoms with van der Waals surface area (Å²) < 4.78 is 0. The molecule has 0 aromatic rings. The Morgan fingerprint density at radius 1 is 1.10 bits per heavy atom. The average molecular weight is 429 g/mol. The number of hydrogen-bond donors (Lipinski definition) is 1. The average Bonchev–Trinajstić information content (AvgIpc) is 3.11. The van der Waals surface area contributed by atoms with Crippen LogP contribution in [-0.4, -0.2) is 48.1 Å². The number of hydrogen-bond acceptors (Lipinski definition) is 4.